The van der Waals surface area contributed by atoms with Crippen LogP contribution in [-0.4, -0.2) is 32.9 Å². The Morgan fingerprint density at radius 3 is 2.54 bits per heavy atom. The largest absolute Gasteiger partial charge is 0.481 e. The molecule has 9 heteroatoms. The Hall–Kier alpha value is -2.16. The molecule has 1 aromatic heterocycles. The van der Waals surface area contributed by atoms with Gasteiger partial charge < -0.3 is 10.0 Å². The molecule has 1 fully saturated rings. The van der Waals surface area contributed by atoms with Crippen LogP contribution < -0.4 is 0 Å². The number of carboxylic acid groups (broad SMARTS) is 1. The molecule has 2 aromatic rings. The van der Waals surface area contributed by atoms with Crippen molar-refractivity contribution in [3.05, 3.63) is 28.5 Å². The number of hydrogen-bond donors (Lipinski definition) is 1. The summed E-state index contributed by atoms with van der Waals surface area (Å²) in [6.45, 7) is 0.0307. The average molecular weight is 386 g/mol. The van der Waals surface area contributed by atoms with Gasteiger partial charge in [-0.3, -0.25) is 9.59 Å². The van der Waals surface area contributed by atoms with Gasteiger partial charge in [0, 0.05) is 18.5 Å². The van der Waals surface area contributed by atoms with E-state index in [0.29, 0.717) is 11.1 Å². The van der Waals surface area contributed by atoms with Gasteiger partial charge in [0.15, 0.2) is 11.6 Å². The number of aromatic nitrogens is 1. The molecule has 1 saturated carbocycles. The van der Waals surface area contributed by atoms with Gasteiger partial charge in [-0.2, -0.15) is 0 Å². The molecule has 140 valence electrons. The lowest BCUT2D eigenvalue weighted by Gasteiger charge is -2.28. The van der Waals surface area contributed by atoms with Gasteiger partial charge in [0.1, 0.15) is 16.3 Å². The molecular formula is C17H17F3N2O3S. The second-order valence-electron chi connectivity index (χ2n) is 6.29. The van der Waals surface area contributed by atoms with Crippen molar-refractivity contribution in [2.24, 2.45) is 0 Å². The summed E-state index contributed by atoms with van der Waals surface area (Å²) < 4.78 is 41.0. The van der Waals surface area contributed by atoms with Gasteiger partial charge in [-0.1, -0.05) is 12.8 Å². The first-order chi connectivity index (χ1) is 12.4. The first-order valence-electron chi connectivity index (χ1n) is 8.31. The quantitative estimate of drug-likeness (QED) is 0.766. The fraction of sp³-hybridized carbons (Fsp3) is 0.471. The molecule has 1 heterocycles. The van der Waals surface area contributed by atoms with E-state index in [2.05, 4.69) is 4.98 Å². The SMILES string of the molecule is O=C(O)CCC(=O)N(Cc1nc2c(F)c(F)cc(F)c2s1)C1CCCC1. The highest BCUT2D eigenvalue weighted by Gasteiger charge is 2.28. The maximum absolute atomic E-state index is 13.9. The van der Waals surface area contributed by atoms with E-state index in [9.17, 15) is 22.8 Å². The van der Waals surface area contributed by atoms with E-state index in [-0.39, 0.29) is 41.6 Å². The minimum atomic E-state index is -1.31. The fourth-order valence-electron chi connectivity index (χ4n) is 3.24. The van der Waals surface area contributed by atoms with Crippen LogP contribution in [0.2, 0.25) is 0 Å². The highest BCUT2D eigenvalue weighted by Crippen LogP contribution is 2.31. The zero-order chi connectivity index (χ0) is 18.8. The predicted molar refractivity (Wildman–Crippen MR) is 89.2 cm³/mol. The number of thiazole rings is 1. The van der Waals surface area contributed by atoms with E-state index in [0.717, 1.165) is 37.0 Å². The first kappa shape index (κ1) is 18.6. The summed E-state index contributed by atoms with van der Waals surface area (Å²) >= 11 is 0.873. The van der Waals surface area contributed by atoms with Crippen molar-refractivity contribution < 1.29 is 27.9 Å². The van der Waals surface area contributed by atoms with Crippen LogP contribution >= 0.6 is 11.3 Å². The van der Waals surface area contributed by atoms with Gasteiger partial charge >= 0.3 is 5.97 Å². The molecule has 0 aliphatic heterocycles. The Balaban J connectivity index is 1.87. The van der Waals surface area contributed by atoms with Crippen LogP contribution in [0, 0.1) is 17.5 Å². The molecule has 1 aliphatic carbocycles. The molecule has 5 nitrogen and oxygen atoms in total. The smallest absolute Gasteiger partial charge is 0.303 e. The average Bonchev–Trinajstić information content (AvgIpc) is 3.25. The standard InChI is InChI=1S/C17H17F3N2O3S/c18-10-7-11(19)17-16(15(10)20)21-12(26-17)8-22(9-3-1-2-4-9)13(23)5-6-14(24)25/h7,9H,1-6,8H2,(H,24,25). The molecule has 0 bridgehead atoms. The molecule has 0 radical (unpaired) electrons. The van der Waals surface area contributed by atoms with Gasteiger partial charge in [0.2, 0.25) is 5.91 Å². The molecule has 1 amide bonds. The minimum absolute atomic E-state index is 0.0307. The van der Waals surface area contributed by atoms with Gasteiger partial charge in [-0.05, 0) is 12.8 Å². The lowest BCUT2D eigenvalue weighted by atomic mass is 10.1. The summed E-state index contributed by atoms with van der Waals surface area (Å²) in [6.07, 6.45) is 3.08. The monoisotopic (exact) mass is 386 g/mol. The molecular weight excluding hydrogens is 369 g/mol. The molecule has 1 N–H and O–H groups in total. The molecule has 1 aliphatic rings. The number of aliphatic carboxylic acids is 1. The number of carbonyl (C=O) groups excluding carboxylic acids is 1. The Morgan fingerprint density at radius 1 is 1.19 bits per heavy atom. The fourth-order valence-corrected chi connectivity index (χ4v) is 4.20. The Kier molecular flexibility index (Phi) is 5.45. The topological polar surface area (TPSA) is 70.5 Å². The van der Waals surface area contributed by atoms with Crippen LogP contribution in [0.4, 0.5) is 13.2 Å². The molecule has 26 heavy (non-hydrogen) atoms. The van der Waals surface area contributed by atoms with Crippen LogP contribution in [-0.2, 0) is 16.1 Å². The third kappa shape index (κ3) is 3.82. The number of halogens is 3. The second kappa shape index (κ2) is 7.61. The first-order valence-corrected chi connectivity index (χ1v) is 9.12. The Morgan fingerprint density at radius 2 is 1.88 bits per heavy atom. The number of rotatable bonds is 6. The number of benzene rings is 1. The summed E-state index contributed by atoms with van der Waals surface area (Å²) in [4.78, 5) is 28.7. The van der Waals surface area contributed by atoms with Crippen molar-refractivity contribution in [1.29, 1.82) is 0 Å². The summed E-state index contributed by atoms with van der Waals surface area (Å²) in [5, 5.41) is 9.07. The van der Waals surface area contributed by atoms with Crippen LogP contribution in [0.1, 0.15) is 43.5 Å². The van der Waals surface area contributed by atoms with Crippen LogP contribution in [0.25, 0.3) is 10.2 Å². The second-order valence-corrected chi connectivity index (χ2v) is 7.38. The molecule has 1 aromatic carbocycles. The number of carboxylic acids is 1. The van der Waals surface area contributed by atoms with E-state index < -0.39 is 23.4 Å². The van der Waals surface area contributed by atoms with E-state index in [1.165, 1.54) is 0 Å². The van der Waals surface area contributed by atoms with Crippen molar-refractivity contribution in [3.63, 3.8) is 0 Å². The Bertz CT molecular complexity index is 849. The van der Waals surface area contributed by atoms with E-state index >= 15 is 0 Å². The van der Waals surface area contributed by atoms with Gasteiger partial charge in [-0.25, -0.2) is 18.2 Å². The number of carbonyl (C=O) groups is 2. The van der Waals surface area contributed by atoms with E-state index in [1.54, 1.807) is 4.90 Å². The van der Waals surface area contributed by atoms with Gasteiger partial charge in [0.05, 0.1) is 17.7 Å². The number of hydrogen-bond acceptors (Lipinski definition) is 4. The normalized spacial score (nSPS) is 14.9. The lowest BCUT2D eigenvalue weighted by Crippen LogP contribution is -2.38. The van der Waals surface area contributed by atoms with Crippen molar-refractivity contribution in [1.82, 2.24) is 9.88 Å². The molecule has 0 unspecified atom stereocenters. The zero-order valence-electron chi connectivity index (χ0n) is 13.8. The van der Waals surface area contributed by atoms with Gasteiger partial charge in [-0.15, -0.1) is 11.3 Å². The molecule has 3 rings (SSSR count). The third-order valence-corrected chi connectivity index (χ3v) is 5.55. The summed E-state index contributed by atoms with van der Waals surface area (Å²) in [5.41, 5.74) is -0.383. The van der Waals surface area contributed by atoms with Crippen molar-refractivity contribution in [3.8, 4) is 0 Å². The summed E-state index contributed by atoms with van der Waals surface area (Å²) in [6, 6.07) is 0.432. The van der Waals surface area contributed by atoms with Crippen molar-refractivity contribution in [2.75, 3.05) is 0 Å². The Labute approximate surface area is 151 Å². The van der Waals surface area contributed by atoms with Crippen LogP contribution in [0.15, 0.2) is 6.07 Å². The zero-order valence-corrected chi connectivity index (χ0v) is 14.6. The maximum atomic E-state index is 13.9. The number of amides is 1. The van der Waals surface area contributed by atoms with E-state index in [4.69, 9.17) is 5.11 Å². The van der Waals surface area contributed by atoms with E-state index in [1.807, 2.05) is 0 Å². The number of nitrogens with zero attached hydrogens (tertiary/aromatic N) is 2. The minimum Gasteiger partial charge on any atom is -0.481 e. The number of fused-ring (bicyclic) bond motifs is 1. The summed E-state index contributed by atoms with van der Waals surface area (Å²) in [7, 11) is 0. The predicted octanol–water partition coefficient (Wildman–Crippen LogP) is 3.85. The highest BCUT2D eigenvalue weighted by molar-refractivity contribution is 7.18. The maximum Gasteiger partial charge on any atom is 0.303 e. The lowest BCUT2D eigenvalue weighted by molar-refractivity contribution is -0.142. The van der Waals surface area contributed by atoms with Crippen molar-refractivity contribution in [2.45, 2.75) is 51.1 Å². The molecule has 0 spiro atoms. The summed E-state index contributed by atoms with van der Waals surface area (Å²) in [5.74, 6) is -4.81. The van der Waals surface area contributed by atoms with Gasteiger partial charge in [0.25, 0.3) is 0 Å². The molecule has 0 atom stereocenters. The highest BCUT2D eigenvalue weighted by atomic mass is 32.1. The van der Waals surface area contributed by atoms with Crippen LogP contribution in [0.3, 0.4) is 0 Å². The van der Waals surface area contributed by atoms with Crippen LogP contribution in [0.5, 0.6) is 0 Å². The third-order valence-electron chi connectivity index (χ3n) is 4.50. The van der Waals surface area contributed by atoms with Crippen molar-refractivity contribution >= 4 is 33.4 Å². The molecule has 0 saturated heterocycles.